The van der Waals surface area contributed by atoms with Gasteiger partial charge in [-0.1, -0.05) is 12.8 Å². The Hall–Kier alpha value is -2.45. The van der Waals surface area contributed by atoms with Crippen LogP contribution in [0.25, 0.3) is 0 Å². The Labute approximate surface area is 138 Å². The quantitative estimate of drug-likeness (QED) is 0.520. The second kappa shape index (κ2) is 8.99. The summed E-state index contributed by atoms with van der Waals surface area (Å²) < 4.78 is 4.53. The van der Waals surface area contributed by atoms with Gasteiger partial charge in [-0.15, -0.1) is 0 Å². The number of carboxylic acid groups (broad SMARTS) is 2. The van der Waals surface area contributed by atoms with Crippen molar-refractivity contribution in [1.82, 2.24) is 5.32 Å². The molecule has 1 aliphatic carbocycles. The number of esters is 1. The summed E-state index contributed by atoms with van der Waals surface area (Å²) in [5, 5.41) is 20.4. The molecule has 0 aromatic carbocycles. The first-order valence-corrected chi connectivity index (χ1v) is 7.63. The number of carboxylic acids is 2. The number of Topliss-reactive ketones (excluding diaryl/α,β-unsaturated/α-hetero) is 1. The van der Waals surface area contributed by atoms with E-state index in [0.717, 1.165) is 6.92 Å². The average Bonchev–Trinajstić information content (AvgIpc) is 2.51. The monoisotopic (exact) mass is 343 g/mol. The number of amides is 1. The molecule has 0 saturated heterocycles. The zero-order valence-corrected chi connectivity index (χ0v) is 13.3. The highest BCUT2D eigenvalue weighted by molar-refractivity contribution is 5.94. The maximum absolute atomic E-state index is 12.3. The zero-order chi connectivity index (χ0) is 18.3. The molecule has 0 spiro atoms. The summed E-state index contributed by atoms with van der Waals surface area (Å²) in [6, 6.07) is -1.37. The number of carbonyl (C=O) groups is 5. The lowest BCUT2D eigenvalue weighted by Crippen LogP contribution is -2.48. The van der Waals surface area contributed by atoms with Crippen LogP contribution in [0.5, 0.6) is 0 Å². The van der Waals surface area contributed by atoms with E-state index in [1.807, 2.05) is 0 Å². The molecule has 1 saturated carbocycles. The molecule has 1 rings (SSSR count). The minimum atomic E-state index is -1.37. The SMILES string of the molecule is CC(=O)OCC(=O)C(CC(=O)O)NC(=O)C1CCCCC1C(=O)O. The fourth-order valence-corrected chi connectivity index (χ4v) is 2.71. The van der Waals surface area contributed by atoms with E-state index >= 15 is 0 Å². The highest BCUT2D eigenvalue weighted by Crippen LogP contribution is 2.30. The summed E-state index contributed by atoms with van der Waals surface area (Å²) in [6.45, 7) is 0.443. The first-order chi connectivity index (χ1) is 11.2. The predicted molar refractivity (Wildman–Crippen MR) is 78.9 cm³/mol. The second-order valence-electron chi connectivity index (χ2n) is 5.74. The number of carbonyl (C=O) groups excluding carboxylic acids is 3. The molecular formula is C15H21NO8. The van der Waals surface area contributed by atoms with Crippen LogP contribution in [-0.4, -0.2) is 52.5 Å². The third kappa shape index (κ3) is 5.98. The van der Waals surface area contributed by atoms with Gasteiger partial charge in [-0.3, -0.25) is 24.0 Å². The molecule has 9 heteroatoms. The maximum Gasteiger partial charge on any atom is 0.307 e. The van der Waals surface area contributed by atoms with Gasteiger partial charge in [0.25, 0.3) is 0 Å². The average molecular weight is 343 g/mol. The Balaban J connectivity index is 2.78. The minimum absolute atomic E-state index is 0.360. The van der Waals surface area contributed by atoms with Crippen LogP contribution in [-0.2, 0) is 28.7 Å². The number of aliphatic carboxylic acids is 2. The van der Waals surface area contributed by atoms with E-state index in [4.69, 9.17) is 5.11 Å². The number of ketones is 1. The largest absolute Gasteiger partial charge is 0.481 e. The third-order valence-electron chi connectivity index (χ3n) is 3.92. The molecule has 0 aliphatic heterocycles. The van der Waals surface area contributed by atoms with Gasteiger partial charge in [0.2, 0.25) is 5.91 Å². The predicted octanol–water partition coefficient (Wildman–Crippen LogP) is -0.0309. The molecule has 0 aromatic heterocycles. The smallest absolute Gasteiger partial charge is 0.307 e. The van der Waals surface area contributed by atoms with Crippen LogP contribution < -0.4 is 5.32 Å². The lowest BCUT2D eigenvalue weighted by atomic mass is 9.78. The van der Waals surface area contributed by atoms with Gasteiger partial charge < -0.3 is 20.3 Å². The van der Waals surface area contributed by atoms with Crippen molar-refractivity contribution in [3.63, 3.8) is 0 Å². The molecule has 1 amide bonds. The Morgan fingerprint density at radius 3 is 2.17 bits per heavy atom. The lowest BCUT2D eigenvalue weighted by Gasteiger charge is -2.28. The molecule has 3 atom stereocenters. The van der Waals surface area contributed by atoms with Crippen LogP contribution in [0.1, 0.15) is 39.0 Å². The fourth-order valence-electron chi connectivity index (χ4n) is 2.71. The van der Waals surface area contributed by atoms with Crippen LogP contribution in [0.2, 0.25) is 0 Å². The van der Waals surface area contributed by atoms with Crippen LogP contribution in [0.4, 0.5) is 0 Å². The molecule has 0 radical (unpaired) electrons. The topological polar surface area (TPSA) is 147 Å². The van der Waals surface area contributed by atoms with Crippen molar-refractivity contribution in [2.24, 2.45) is 11.8 Å². The fraction of sp³-hybridized carbons (Fsp3) is 0.667. The van der Waals surface area contributed by atoms with E-state index in [0.29, 0.717) is 25.7 Å². The molecule has 0 heterocycles. The lowest BCUT2D eigenvalue weighted by molar-refractivity contribution is -0.151. The van der Waals surface area contributed by atoms with Gasteiger partial charge in [0, 0.05) is 6.92 Å². The molecule has 3 unspecified atom stereocenters. The third-order valence-corrected chi connectivity index (χ3v) is 3.92. The second-order valence-corrected chi connectivity index (χ2v) is 5.74. The van der Waals surface area contributed by atoms with Crippen molar-refractivity contribution >= 4 is 29.6 Å². The highest BCUT2D eigenvalue weighted by Gasteiger charge is 2.37. The molecule has 0 aromatic rings. The van der Waals surface area contributed by atoms with Crippen LogP contribution in [0.15, 0.2) is 0 Å². The van der Waals surface area contributed by atoms with Gasteiger partial charge in [0.1, 0.15) is 6.04 Å². The highest BCUT2D eigenvalue weighted by atomic mass is 16.5. The Kier molecular flexibility index (Phi) is 7.34. The Morgan fingerprint density at radius 2 is 1.67 bits per heavy atom. The summed E-state index contributed by atoms with van der Waals surface area (Å²) in [4.78, 5) is 57.1. The van der Waals surface area contributed by atoms with Crippen molar-refractivity contribution in [2.75, 3.05) is 6.61 Å². The molecule has 1 aliphatic rings. The van der Waals surface area contributed by atoms with Crippen molar-refractivity contribution < 1.29 is 38.9 Å². The van der Waals surface area contributed by atoms with Crippen LogP contribution in [0.3, 0.4) is 0 Å². The van der Waals surface area contributed by atoms with Gasteiger partial charge in [0.05, 0.1) is 18.3 Å². The summed E-state index contributed by atoms with van der Waals surface area (Å²) in [5.74, 6) is -6.19. The summed E-state index contributed by atoms with van der Waals surface area (Å²) in [5.41, 5.74) is 0. The number of rotatable bonds is 8. The van der Waals surface area contributed by atoms with Gasteiger partial charge in [-0.05, 0) is 12.8 Å². The van der Waals surface area contributed by atoms with Crippen LogP contribution in [0, 0.1) is 11.8 Å². The molecule has 0 bridgehead atoms. The van der Waals surface area contributed by atoms with E-state index in [9.17, 15) is 29.1 Å². The normalized spacial score (nSPS) is 21.4. The maximum atomic E-state index is 12.3. The molecular weight excluding hydrogens is 322 g/mol. The zero-order valence-electron chi connectivity index (χ0n) is 13.3. The van der Waals surface area contributed by atoms with E-state index in [-0.39, 0.29) is 0 Å². The number of ether oxygens (including phenoxy) is 1. The van der Waals surface area contributed by atoms with E-state index in [2.05, 4.69) is 10.1 Å². The van der Waals surface area contributed by atoms with Crippen molar-refractivity contribution in [2.45, 2.75) is 45.1 Å². The van der Waals surface area contributed by atoms with Gasteiger partial charge in [-0.25, -0.2) is 0 Å². The van der Waals surface area contributed by atoms with Crippen LogP contribution >= 0.6 is 0 Å². The number of hydrogen-bond donors (Lipinski definition) is 3. The van der Waals surface area contributed by atoms with Crippen molar-refractivity contribution in [1.29, 1.82) is 0 Å². The molecule has 24 heavy (non-hydrogen) atoms. The molecule has 1 fully saturated rings. The standard InChI is InChI=1S/C15H21NO8/c1-8(17)24-7-12(18)11(6-13(19)20)16-14(21)9-4-2-3-5-10(9)15(22)23/h9-11H,2-7H2,1H3,(H,16,21)(H,19,20)(H,22,23). The molecule has 134 valence electrons. The molecule has 9 nitrogen and oxygen atoms in total. The first-order valence-electron chi connectivity index (χ1n) is 7.63. The van der Waals surface area contributed by atoms with Gasteiger partial charge >= 0.3 is 17.9 Å². The van der Waals surface area contributed by atoms with Gasteiger partial charge in [-0.2, -0.15) is 0 Å². The summed E-state index contributed by atoms with van der Waals surface area (Å²) in [7, 11) is 0. The van der Waals surface area contributed by atoms with Crippen molar-refractivity contribution in [3.05, 3.63) is 0 Å². The van der Waals surface area contributed by atoms with E-state index < -0.39 is 60.5 Å². The number of nitrogens with one attached hydrogen (secondary N) is 1. The first kappa shape index (κ1) is 19.6. The summed E-state index contributed by atoms with van der Waals surface area (Å²) in [6.07, 6.45) is 1.44. The van der Waals surface area contributed by atoms with E-state index in [1.165, 1.54) is 0 Å². The van der Waals surface area contributed by atoms with Crippen molar-refractivity contribution in [3.8, 4) is 0 Å². The minimum Gasteiger partial charge on any atom is -0.481 e. The van der Waals surface area contributed by atoms with Gasteiger partial charge in [0.15, 0.2) is 12.4 Å². The number of hydrogen-bond acceptors (Lipinski definition) is 6. The Bertz CT molecular complexity index is 530. The van der Waals surface area contributed by atoms with E-state index in [1.54, 1.807) is 0 Å². The molecule has 3 N–H and O–H groups in total. The Morgan fingerprint density at radius 1 is 1.08 bits per heavy atom. The summed E-state index contributed by atoms with van der Waals surface area (Å²) >= 11 is 0.